The van der Waals surface area contributed by atoms with Crippen molar-refractivity contribution in [3.63, 3.8) is 0 Å². The number of hydrogen-bond acceptors (Lipinski definition) is 1. The summed E-state index contributed by atoms with van der Waals surface area (Å²) in [5.41, 5.74) is 17.1. The van der Waals surface area contributed by atoms with Gasteiger partial charge in [0.05, 0.1) is 5.69 Å². The van der Waals surface area contributed by atoms with Crippen LogP contribution in [0.3, 0.4) is 0 Å². The standard InChI is InChI=1S/C53H49N/c1-53(2)49-18-10-9-17-47(49)48-33-27-43(35-50(48)53)52-46-16-8-7-15-42(46)28-34-51(52)54(44-29-23-40(24-30-44)37-13-5-6-14-37)45-31-25-41(26-32-45)39-21-19-38(20-22-39)36-11-3-4-12-36/h7-10,15-37H,3-6,11-14H2,1-2H3. The average Bonchev–Trinajstić information content (AvgIpc) is 4.01. The largest absolute Gasteiger partial charge is 0.310 e. The molecule has 0 radical (unpaired) electrons. The molecule has 10 rings (SSSR count). The molecule has 2 saturated carbocycles. The number of anilines is 3. The van der Waals surface area contributed by atoms with E-state index in [4.69, 9.17) is 0 Å². The Labute approximate surface area is 321 Å². The van der Waals surface area contributed by atoms with Crippen molar-refractivity contribution in [3.8, 4) is 33.4 Å². The van der Waals surface area contributed by atoms with Crippen LogP contribution >= 0.6 is 0 Å². The van der Waals surface area contributed by atoms with E-state index in [2.05, 4.69) is 170 Å². The smallest absolute Gasteiger partial charge is 0.0546 e. The van der Waals surface area contributed by atoms with Crippen molar-refractivity contribution in [2.24, 2.45) is 0 Å². The molecule has 7 aromatic carbocycles. The molecule has 3 aliphatic carbocycles. The Hall–Kier alpha value is -5.40. The Balaban J connectivity index is 1.11. The monoisotopic (exact) mass is 699 g/mol. The number of benzene rings is 7. The van der Waals surface area contributed by atoms with Gasteiger partial charge in [-0.25, -0.2) is 0 Å². The third-order valence-electron chi connectivity index (χ3n) is 13.2. The van der Waals surface area contributed by atoms with Crippen LogP contribution in [0.2, 0.25) is 0 Å². The van der Waals surface area contributed by atoms with Crippen molar-refractivity contribution in [2.45, 2.75) is 82.5 Å². The van der Waals surface area contributed by atoms with Crippen LogP contribution in [-0.4, -0.2) is 0 Å². The maximum absolute atomic E-state index is 2.50. The van der Waals surface area contributed by atoms with E-state index in [1.807, 2.05) is 0 Å². The lowest BCUT2D eigenvalue weighted by molar-refractivity contribution is 0.660. The SMILES string of the molecule is CC1(C)c2ccccc2-c2ccc(-c3c(N(c4ccc(-c5ccc(C6CCCC6)cc5)cc4)c4ccc(C5CCCC5)cc4)ccc4ccccc34)cc21. The van der Waals surface area contributed by atoms with Crippen molar-refractivity contribution in [1.29, 1.82) is 0 Å². The van der Waals surface area contributed by atoms with E-state index >= 15 is 0 Å². The molecule has 0 saturated heterocycles. The Kier molecular flexibility index (Phi) is 8.28. The zero-order chi connectivity index (χ0) is 36.2. The molecule has 54 heavy (non-hydrogen) atoms. The number of nitrogens with zero attached hydrogens (tertiary/aromatic N) is 1. The molecule has 0 atom stereocenters. The maximum atomic E-state index is 2.50. The summed E-state index contributed by atoms with van der Waals surface area (Å²) in [6.07, 6.45) is 10.7. The van der Waals surface area contributed by atoms with Crippen molar-refractivity contribution in [2.75, 3.05) is 4.90 Å². The molecule has 0 unspecified atom stereocenters. The summed E-state index contributed by atoms with van der Waals surface area (Å²) in [5, 5.41) is 2.53. The lowest BCUT2D eigenvalue weighted by Crippen LogP contribution is -2.15. The van der Waals surface area contributed by atoms with Gasteiger partial charge < -0.3 is 4.90 Å². The lowest BCUT2D eigenvalue weighted by Gasteiger charge is -2.30. The first-order valence-corrected chi connectivity index (χ1v) is 20.4. The van der Waals surface area contributed by atoms with Crippen LogP contribution in [0.15, 0.2) is 152 Å². The number of fused-ring (bicyclic) bond motifs is 4. The highest BCUT2D eigenvalue weighted by Crippen LogP contribution is 2.52. The molecule has 266 valence electrons. The second-order valence-corrected chi connectivity index (χ2v) is 16.7. The van der Waals surface area contributed by atoms with E-state index in [0.29, 0.717) is 5.92 Å². The highest BCUT2D eigenvalue weighted by molar-refractivity contribution is 6.06. The molecule has 0 bridgehead atoms. The van der Waals surface area contributed by atoms with Crippen molar-refractivity contribution in [1.82, 2.24) is 0 Å². The summed E-state index contributed by atoms with van der Waals surface area (Å²) in [6.45, 7) is 4.76. The third kappa shape index (κ3) is 5.68. The lowest BCUT2D eigenvalue weighted by atomic mass is 9.81. The first-order chi connectivity index (χ1) is 26.5. The fourth-order valence-electron chi connectivity index (χ4n) is 10.2. The van der Waals surface area contributed by atoms with E-state index in [9.17, 15) is 0 Å². The Morgan fingerprint density at radius 3 is 1.65 bits per heavy atom. The second kappa shape index (κ2) is 13.5. The van der Waals surface area contributed by atoms with Gasteiger partial charge in [0.2, 0.25) is 0 Å². The summed E-state index contributed by atoms with van der Waals surface area (Å²) < 4.78 is 0. The molecule has 1 nitrogen and oxygen atoms in total. The van der Waals surface area contributed by atoms with Crippen LogP contribution in [-0.2, 0) is 5.41 Å². The van der Waals surface area contributed by atoms with Crippen molar-refractivity contribution >= 4 is 27.8 Å². The molecular formula is C53H49N. The highest BCUT2D eigenvalue weighted by atomic mass is 15.1. The quantitative estimate of drug-likeness (QED) is 0.160. The van der Waals surface area contributed by atoms with Crippen LogP contribution in [0, 0.1) is 0 Å². The van der Waals surface area contributed by atoms with Crippen LogP contribution in [0.1, 0.15) is 99.3 Å². The third-order valence-corrected chi connectivity index (χ3v) is 13.2. The van der Waals surface area contributed by atoms with Crippen LogP contribution < -0.4 is 4.90 Å². The highest BCUT2D eigenvalue weighted by Gasteiger charge is 2.35. The zero-order valence-corrected chi connectivity index (χ0v) is 31.7. The minimum atomic E-state index is -0.0758. The van der Waals surface area contributed by atoms with Gasteiger partial charge in [-0.05, 0) is 135 Å². The predicted octanol–water partition coefficient (Wildman–Crippen LogP) is 15.3. The van der Waals surface area contributed by atoms with Gasteiger partial charge in [-0.3, -0.25) is 0 Å². The Morgan fingerprint density at radius 1 is 0.463 bits per heavy atom. The summed E-state index contributed by atoms with van der Waals surface area (Å²) in [4.78, 5) is 2.50. The molecule has 0 N–H and O–H groups in total. The maximum Gasteiger partial charge on any atom is 0.0546 e. The van der Waals surface area contributed by atoms with Crippen LogP contribution in [0.4, 0.5) is 17.1 Å². The van der Waals surface area contributed by atoms with Crippen LogP contribution in [0.25, 0.3) is 44.2 Å². The van der Waals surface area contributed by atoms with Gasteiger partial charge in [0, 0.05) is 22.4 Å². The van der Waals surface area contributed by atoms with Gasteiger partial charge in [0.25, 0.3) is 0 Å². The Morgan fingerprint density at radius 2 is 0.981 bits per heavy atom. The first kappa shape index (κ1) is 33.2. The second-order valence-electron chi connectivity index (χ2n) is 16.7. The van der Waals surface area contributed by atoms with Crippen molar-refractivity contribution < 1.29 is 0 Å². The fourth-order valence-corrected chi connectivity index (χ4v) is 10.2. The summed E-state index contributed by atoms with van der Waals surface area (Å²) in [6, 6.07) is 58.0. The van der Waals surface area contributed by atoms with Crippen LogP contribution in [0.5, 0.6) is 0 Å². The number of hydrogen-bond donors (Lipinski definition) is 0. The molecular weight excluding hydrogens is 651 g/mol. The van der Waals surface area contributed by atoms with Gasteiger partial charge in [0.15, 0.2) is 0 Å². The molecule has 0 aromatic heterocycles. The van der Waals surface area contributed by atoms with Gasteiger partial charge in [-0.2, -0.15) is 0 Å². The molecule has 3 aliphatic rings. The van der Waals surface area contributed by atoms with E-state index in [1.54, 1.807) is 0 Å². The molecule has 7 aromatic rings. The molecule has 2 fully saturated rings. The van der Waals surface area contributed by atoms with Crippen molar-refractivity contribution in [3.05, 3.63) is 174 Å². The van der Waals surface area contributed by atoms with E-state index in [0.717, 1.165) is 5.92 Å². The van der Waals surface area contributed by atoms with E-state index < -0.39 is 0 Å². The predicted molar refractivity (Wildman–Crippen MR) is 229 cm³/mol. The van der Waals surface area contributed by atoms with E-state index in [1.165, 1.54) is 135 Å². The van der Waals surface area contributed by atoms with Gasteiger partial charge in [-0.1, -0.05) is 155 Å². The molecule has 0 spiro atoms. The van der Waals surface area contributed by atoms with E-state index in [-0.39, 0.29) is 5.41 Å². The normalized spacial score (nSPS) is 16.5. The first-order valence-electron chi connectivity index (χ1n) is 20.4. The number of rotatable bonds is 7. The molecule has 0 amide bonds. The molecule has 1 heteroatoms. The fraction of sp³-hybridized carbons (Fsp3) is 0.245. The molecule has 0 aliphatic heterocycles. The Bertz CT molecular complexity index is 2450. The summed E-state index contributed by atoms with van der Waals surface area (Å²) in [7, 11) is 0. The topological polar surface area (TPSA) is 3.24 Å². The average molecular weight is 700 g/mol. The zero-order valence-electron chi connectivity index (χ0n) is 31.7. The minimum Gasteiger partial charge on any atom is -0.310 e. The van der Waals surface area contributed by atoms with Gasteiger partial charge in [-0.15, -0.1) is 0 Å². The summed E-state index contributed by atoms with van der Waals surface area (Å²) in [5.74, 6) is 1.42. The van der Waals surface area contributed by atoms with Gasteiger partial charge in [0.1, 0.15) is 0 Å². The minimum absolute atomic E-state index is 0.0758. The molecule has 0 heterocycles. The summed E-state index contributed by atoms with van der Waals surface area (Å²) >= 11 is 0. The van der Waals surface area contributed by atoms with Gasteiger partial charge >= 0.3 is 0 Å².